The van der Waals surface area contributed by atoms with Gasteiger partial charge in [0.2, 0.25) is 11.8 Å². The number of esters is 1. The molecule has 0 amide bonds. The standard InChI is InChI=1S/C12H17N5O3/c1-7-10(11(18)20-12(3,4)5)15-16-17(7)6-9-14-13-8(2)19-9/h6H2,1-5H3. The van der Waals surface area contributed by atoms with Gasteiger partial charge in [-0.05, 0) is 27.7 Å². The molecular formula is C12H17N5O3. The maximum absolute atomic E-state index is 12.0. The van der Waals surface area contributed by atoms with Crippen molar-refractivity contribution in [1.82, 2.24) is 25.2 Å². The number of nitrogens with zero attached hydrogens (tertiary/aromatic N) is 5. The van der Waals surface area contributed by atoms with Crippen LogP contribution >= 0.6 is 0 Å². The summed E-state index contributed by atoms with van der Waals surface area (Å²) in [7, 11) is 0. The molecule has 20 heavy (non-hydrogen) atoms. The lowest BCUT2D eigenvalue weighted by molar-refractivity contribution is 0.00618. The van der Waals surface area contributed by atoms with E-state index in [9.17, 15) is 4.79 Å². The van der Waals surface area contributed by atoms with Crippen LogP contribution in [0.4, 0.5) is 0 Å². The Labute approximate surface area is 116 Å². The van der Waals surface area contributed by atoms with Crippen LogP contribution in [0.25, 0.3) is 0 Å². The number of carbonyl (C=O) groups is 1. The molecule has 0 radical (unpaired) electrons. The third kappa shape index (κ3) is 3.19. The summed E-state index contributed by atoms with van der Waals surface area (Å²) in [6, 6.07) is 0. The Hall–Kier alpha value is -2.25. The summed E-state index contributed by atoms with van der Waals surface area (Å²) in [4.78, 5) is 12.0. The first kappa shape index (κ1) is 14.2. The van der Waals surface area contributed by atoms with Crippen molar-refractivity contribution in [2.45, 2.75) is 46.8 Å². The number of aromatic nitrogens is 5. The quantitative estimate of drug-likeness (QED) is 0.781. The van der Waals surface area contributed by atoms with Crippen molar-refractivity contribution in [3.8, 4) is 0 Å². The number of rotatable bonds is 3. The zero-order valence-electron chi connectivity index (χ0n) is 12.2. The predicted molar refractivity (Wildman–Crippen MR) is 68.1 cm³/mol. The number of carbonyl (C=O) groups excluding carboxylic acids is 1. The maximum atomic E-state index is 12.0. The normalized spacial score (nSPS) is 11.7. The molecule has 0 aromatic carbocycles. The minimum atomic E-state index is -0.573. The molecule has 0 fully saturated rings. The molecule has 0 atom stereocenters. The van der Waals surface area contributed by atoms with Gasteiger partial charge in [-0.3, -0.25) is 0 Å². The molecule has 8 nitrogen and oxygen atoms in total. The van der Waals surface area contributed by atoms with Crippen LogP contribution < -0.4 is 0 Å². The van der Waals surface area contributed by atoms with E-state index in [2.05, 4.69) is 20.5 Å². The predicted octanol–water partition coefficient (Wildman–Crippen LogP) is 1.28. The average molecular weight is 279 g/mol. The van der Waals surface area contributed by atoms with Crippen molar-refractivity contribution in [3.05, 3.63) is 23.2 Å². The Kier molecular flexibility index (Phi) is 3.56. The molecule has 2 rings (SSSR count). The summed E-state index contributed by atoms with van der Waals surface area (Å²) in [5.41, 5.74) is 0.211. The summed E-state index contributed by atoms with van der Waals surface area (Å²) in [6.07, 6.45) is 0. The highest BCUT2D eigenvalue weighted by molar-refractivity contribution is 5.88. The first-order valence-electron chi connectivity index (χ1n) is 6.18. The fourth-order valence-corrected chi connectivity index (χ4v) is 1.56. The summed E-state index contributed by atoms with van der Waals surface area (Å²) in [5.74, 6) is 0.388. The van der Waals surface area contributed by atoms with Gasteiger partial charge in [-0.1, -0.05) is 5.21 Å². The minimum Gasteiger partial charge on any atom is -0.455 e. The molecule has 0 N–H and O–H groups in total. The third-order valence-electron chi connectivity index (χ3n) is 2.43. The highest BCUT2D eigenvalue weighted by Gasteiger charge is 2.23. The van der Waals surface area contributed by atoms with Gasteiger partial charge < -0.3 is 9.15 Å². The van der Waals surface area contributed by atoms with Crippen molar-refractivity contribution in [1.29, 1.82) is 0 Å². The Balaban J connectivity index is 2.16. The zero-order chi connectivity index (χ0) is 14.9. The largest absolute Gasteiger partial charge is 0.455 e. The van der Waals surface area contributed by atoms with E-state index in [-0.39, 0.29) is 12.2 Å². The molecule has 2 heterocycles. The molecule has 0 unspecified atom stereocenters. The fourth-order valence-electron chi connectivity index (χ4n) is 1.56. The number of hydrogen-bond acceptors (Lipinski definition) is 7. The molecule has 0 bridgehead atoms. The SMILES string of the molecule is Cc1nnc(Cn2nnc(C(=O)OC(C)(C)C)c2C)o1. The van der Waals surface area contributed by atoms with E-state index in [1.165, 1.54) is 4.68 Å². The smallest absolute Gasteiger partial charge is 0.361 e. The molecule has 8 heteroatoms. The van der Waals surface area contributed by atoms with Crippen LogP contribution in [0.15, 0.2) is 4.42 Å². The average Bonchev–Trinajstić information content (AvgIpc) is 2.85. The molecule has 0 aliphatic carbocycles. The molecule has 0 aliphatic heterocycles. The number of ether oxygens (including phenoxy) is 1. The fraction of sp³-hybridized carbons (Fsp3) is 0.583. The second kappa shape index (κ2) is 5.03. The van der Waals surface area contributed by atoms with Gasteiger partial charge >= 0.3 is 5.97 Å². The zero-order valence-corrected chi connectivity index (χ0v) is 12.2. The lowest BCUT2D eigenvalue weighted by Crippen LogP contribution is -2.24. The van der Waals surface area contributed by atoms with Gasteiger partial charge in [0.1, 0.15) is 12.1 Å². The van der Waals surface area contributed by atoms with Crippen molar-refractivity contribution in [2.75, 3.05) is 0 Å². The topological polar surface area (TPSA) is 95.9 Å². The van der Waals surface area contributed by atoms with Crippen LogP contribution in [0.3, 0.4) is 0 Å². The molecule has 0 spiro atoms. The minimum absolute atomic E-state index is 0.191. The van der Waals surface area contributed by atoms with Gasteiger partial charge in [-0.25, -0.2) is 9.48 Å². The van der Waals surface area contributed by atoms with Crippen LogP contribution in [0.1, 0.15) is 48.7 Å². The van der Waals surface area contributed by atoms with E-state index in [1.54, 1.807) is 34.6 Å². The van der Waals surface area contributed by atoms with Crippen LogP contribution in [0, 0.1) is 13.8 Å². The van der Waals surface area contributed by atoms with Crippen LogP contribution in [0.5, 0.6) is 0 Å². The molecule has 0 saturated carbocycles. The third-order valence-corrected chi connectivity index (χ3v) is 2.43. The lowest BCUT2D eigenvalue weighted by atomic mass is 10.2. The van der Waals surface area contributed by atoms with Gasteiger partial charge in [0.15, 0.2) is 5.69 Å². The van der Waals surface area contributed by atoms with E-state index in [4.69, 9.17) is 9.15 Å². The highest BCUT2D eigenvalue weighted by Crippen LogP contribution is 2.13. The summed E-state index contributed by atoms with van der Waals surface area (Å²) in [5, 5.41) is 15.4. The van der Waals surface area contributed by atoms with Gasteiger partial charge in [0, 0.05) is 6.92 Å². The summed E-state index contributed by atoms with van der Waals surface area (Å²) < 4.78 is 12.1. The van der Waals surface area contributed by atoms with Crippen molar-refractivity contribution in [3.63, 3.8) is 0 Å². The summed E-state index contributed by atoms with van der Waals surface area (Å²) >= 11 is 0. The van der Waals surface area contributed by atoms with Gasteiger partial charge in [-0.15, -0.1) is 15.3 Å². The molecule has 108 valence electrons. The Morgan fingerprint density at radius 3 is 2.50 bits per heavy atom. The number of aryl methyl sites for hydroxylation is 1. The monoisotopic (exact) mass is 279 g/mol. The van der Waals surface area contributed by atoms with Gasteiger partial charge in [0.25, 0.3) is 0 Å². The van der Waals surface area contributed by atoms with Gasteiger partial charge in [-0.2, -0.15) is 0 Å². The Morgan fingerprint density at radius 1 is 1.25 bits per heavy atom. The maximum Gasteiger partial charge on any atom is 0.361 e. The lowest BCUT2D eigenvalue weighted by Gasteiger charge is -2.18. The second-order valence-electron chi connectivity index (χ2n) is 5.40. The number of hydrogen-bond donors (Lipinski definition) is 0. The van der Waals surface area contributed by atoms with Crippen molar-refractivity contribution in [2.24, 2.45) is 0 Å². The van der Waals surface area contributed by atoms with E-state index in [0.717, 1.165) is 0 Å². The first-order chi connectivity index (χ1) is 9.26. The van der Waals surface area contributed by atoms with E-state index >= 15 is 0 Å². The van der Waals surface area contributed by atoms with Crippen LogP contribution in [-0.4, -0.2) is 36.8 Å². The van der Waals surface area contributed by atoms with Crippen LogP contribution in [0.2, 0.25) is 0 Å². The second-order valence-corrected chi connectivity index (χ2v) is 5.40. The van der Waals surface area contributed by atoms with Crippen molar-refractivity contribution < 1.29 is 13.9 Å². The van der Waals surface area contributed by atoms with Crippen molar-refractivity contribution >= 4 is 5.97 Å². The Bertz CT molecular complexity index is 623. The van der Waals surface area contributed by atoms with Crippen LogP contribution in [-0.2, 0) is 11.3 Å². The van der Waals surface area contributed by atoms with E-state index in [0.29, 0.717) is 17.5 Å². The summed E-state index contributed by atoms with van der Waals surface area (Å²) in [6.45, 7) is 9.10. The van der Waals surface area contributed by atoms with E-state index in [1.807, 2.05) is 0 Å². The molecular weight excluding hydrogens is 262 g/mol. The molecule has 2 aromatic rings. The Morgan fingerprint density at radius 2 is 1.95 bits per heavy atom. The highest BCUT2D eigenvalue weighted by atomic mass is 16.6. The molecule has 0 saturated heterocycles. The molecule has 0 aliphatic rings. The molecule has 2 aromatic heterocycles. The van der Waals surface area contributed by atoms with E-state index < -0.39 is 11.6 Å². The first-order valence-corrected chi connectivity index (χ1v) is 6.18. The van der Waals surface area contributed by atoms with Gasteiger partial charge in [0.05, 0.1) is 5.69 Å².